The number of halogens is 1. The first kappa shape index (κ1) is 24.2. The Labute approximate surface area is 203 Å². The zero-order valence-corrected chi connectivity index (χ0v) is 22.1. The SMILES string of the molecule is C[C@@H](CI)CC[C@@H](O)[C@@H](C)[C@H]1C(=O)C[C@H]2[C@@H]3C=CC4C[C@@H](O)CC[C@]4(C)[C@H]3CC[C@]12C. The fourth-order valence-corrected chi connectivity index (χ4v) is 8.78. The van der Waals surface area contributed by atoms with Crippen LogP contribution in [-0.4, -0.2) is 32.6 Å². The van der Waals surface area contributed by atoms with E-state index in [-0.39, 0.29) is 34.9 Å². The van der Waals surface area contributed by atoms with Gasteiger partial charge in [0.25, 0.3) is 0 Å². The van der Waals surface area contributed by atoms with Crippen LogP contribution in [-0.2, 0) is 4.79 Å². The van der Waals surface area contributed by atoms with Crippen molar-refractivity contribution in [2.45, 2.75) is 91.3 Å². The highest BCUT2D eigenvalue weighted by atomic mass is 127. The Kier molecular flexibility index (Phi) is 7.04. The van der Waals surface area contributed by atoms with Gasteiger partial charge in [0.15, 0.2) is 0 Å². The number of hydrogen-bond acceptors (Lipinski definition) is 3. The lowest BCUT2D eigenvalue weighted by atomic mass is 9.46. The van der Waals surface area contributed by atoms with Crippen molar-refractivity contribution in [3.8, 4) is 0 Å². The summed E-state index contributed by atoms with van der Waals surface area (Å²) < 4.78 is 1.12. The largest absolute Gasteiger partial charge is 0.393 e. The second-order valence-electron chi connectivity index (χ2n) is 12.2. The van der Waals surface area contributed by atoms with Crippen molar-refractivity contribution >= 4 is 28.4 Å². The van der Waals surface area contributed by atoms with Gasteiger partial charge in [-0.15, -0.1) is 0 Å². The minimum absolute atomic E-state index is 0.00420. The molecule has 0 saturated heterocycles. The van der Waals surface area contributed by atoms with Gasteiger partial charge in [-0.1, -0.05) is 62.4 Å². The number of ketones is 1. The number of carbonyl (C=O) groups is 1. The molecule has 4 rings (SSSR count). The van der Waals surface area contributed by atoms with E-state index in [0.29, 0.717) is 41.8 Å². The van der Waals surface area contributed by atoms with E-state index in [1.807, 2.05) is 0 Å². The molecule has 11 atom stereocenters. The average molecular weight is 543 g/mol. The van der Waals surface area contributed by atoms with Crippen molar-refractivity contribution in [1.82, 2.24) is 0 Å². The van der Waals surface area contributed by atoms with Gasteiger partial charge < -0.3 is 10.2 Å². The van der Waals surface area contributed by atoms with Crippen LogP contribution in [0.3, 0.4) is 0 Å². The first-order valence-electron chi connectivity index (χ1n) is 12.7. The van der Waals surface area contributed by atoms with E-state index in [2.05, 4.69) is 62.4 Å². The van der Waals surface area contributed by atoms with Crippen LogP contribution < -0.4 is 0 Å². The highest BCUT2D eigenvalue weighted by Gasteiger charge is 2.62. The molecule has 0 aromatic carbocycles. The van der Waals surface area contributed by atoms with Crippen LogP contribution in [0.5, 0.6) is 0 Å². The van der Waals surface area contributed by atoms with Gasteiger partial charge >= 0.3 is 0 Å². The normalized spacial score (nSPS) is 47.3. The molecular weight excluding hydrogens is 499 g/mol. The molecule has 3 fully saturated rings. The second kappa shape index (κ2) is 9.02. The number of alkyl halides is 1. The van der Waals surface area contributed by atoms with Crippen molar-refractivity contribution < 1.29 is 15.0 Å². The van der Waals surface area contributed by atoms with Gasteiger partial charge in [-0.25, -0.2) is 0 Å². The first-order chi connectivity index (χ1) is 14.6. The molecule has 4 aliphatic rings. The van der Waals surface area contributed by atoms with Gasteiger partial charge in [-0.3, -0.25) is 4.79 Å². The highest BCUT2D eigenvalue weighted by Crippen LogP contribution is 2.66. The molecule has 1 unspecified atom stereocenters. The van der Waals surface area contributed by atoms with Crippen molar-refractivity contribution in [3.05, 3.63) is 12.2 Å². The lowest BCUT2D eigenvalue weighted by Gasteiger charge is -2.58. The second-order valence-corrected chi connectivity index (χ2v) is 13.1. The third-order valence-electron chi connectivity index (χ3n) is 10.4. The smallest absolute Gasteiger partial charge is 0.137 e. The first-order valence-corrected chi connectivity index (χ1v) is 14.3. The lowest BCUT2D eigenvalue weighted by molar-refractivity contribution is -0.127. The van der Waals surface area contributed by atoms with E-state index < -0.39 is 0 Å². The molecule has 31 heavy (non-hydrogen) atoms. The minimum atomic E-state index is -0.378. The molecule has 4 heteroatoms. The maximum atomic E-state index is 13.4. The monoisotopic (exact) mass is 542 g/mol. The van der Waals surface area contributed by atoms with Crippen molar-refractivity contribution in [1.29, 1.82) is 0 Å². The van der Waals surface area contributed by atoms with Crippen LogP contribution in [0.4, 0.5) is 0 Å². The predicted molar refractivity (Wildman–Crippen MR) is 134 cm³/mol. The van der Waals surface area contributed by atoms with Gasteiger partial charge in [-0.05, 0) is 91.3 Å². The Hall–Kier alpha value is 0.0600. The molecular formula is C27H43IO3. The zero-order valence-electron chi connectivity index (χ0n) is 19.9. The third-order valence-corrected chi connectivity index (χ3v) is 11.9. The molecule has 0 amide bonds. The van der Waals surface area contributed by atoms with Crippen molar-refractivity contribution in [2.75, 3.05) is 4.43 Å². The van der Waals surface area contributed by atoms with Crippen molar-refractivity contribution in [2.24, 2.45) is 52.3 Å². The maximum Gasteiger partial charge on any atom is 0.137 e. The highest BCUT2D eigenvalue weighted by molar-refractivity contribution is 14.1. The number of rotatable bonds is 6. The molecule has 0 spiro atoms. The Morgan fingerprint density at radius 1 is 1.10 bits per heavy atom. The molecule has 176 valence electrons. The summed E-state index contributed by atoms with van der Waals surface area (Å²) in [6.07, 6.45) is 12.1. The van der Waals surface area contributed by atoms with Crippen LogP contribution in [0, 0.1) is 52.3 Å². The van der Waals surface area contributed by atoms with E-state index >= 15 is 0 Å². The lowest BCUT2D eigenvalue weighted by Crippen LogP contribution is -2.52. The summed E-state index contributed by atoms with van der Waals surface area (Å²) in [6, 6.07) is 0. The number of aliphatic hydroxyl groups excluding tert-OH is 2. The van der Waals surface area contributed by atoms with E-state index in [9.17, 15) is 15.0 Å². The molecule has 0 aromatic rings. The molecule has 0 aliphatic heterocycles. The number of allylic oxidation sites excluding steroid dienone is 2. The molecule has 0 heterocycles. The van der Waals surface area contributed by atoms with Gasteiger partial charge in [-0.2, -0.15) is 0 Å². The summed E-state index contributed by atoms with van der Waals surface area (Å²) in [4.78, 5) is 13.4. The van der Waals surface area contributed by atoms with E-state index in [0.717, 1.165) is 43.0 Å². The fraction of sp³-hybridized carbons (Fsp3) is 0.889. The van der Waals surface area contributed by atoms with Crippen LogP contribution in [0.15, 0.2) is 12.2 Å². The number of fused-ring (bicyclic) bond motifs is 5. The Balaban J connectivity index is 1.54. The molecule has 3 nitrogen and oxygen atoms in total. The topological polar surface area (TPSA) is 57.5 Å². The number of carbonyl (C=O) groups excluding carboxylic acids is 1. The van der Waals surface area contributed by atoms with Crippen LogP contribution >= 0.6 is 22.6 Å². The molecule has 2 N–H and O–H groups in total. The summed E-state index contributed by atoms with van der Waals surface area (Å²) in [5.41, 5.74) is 0.275. The summed E-state index contributed by atoms with van der Waals surface area (Å²) in [6.45, 7) is 9.21. The van der Waals surface area contributed by atoms with Gasteiger partial charge in [0, 0.05) is 16.8 Å². The summed E-state index contributed by atoms with van der Waals surface area (Å²) in [5, 5.41) is 21.2. The van der Waals surface area contributed by atoms with Gasteiger partial charge in [0.1, 0.15) is 5.78 Å². The molecule has 4 aliphatic carbocycles. The maximum absolute atomic E-state index is 13.4. The average Bonchev–Trinajstić information content (AvgIpc) is 3.01. The van der Waals surface area contributed by atoms with Crippen LogP contribution in [0.2, 0.25) is 0 Å². The standard InChI is InChI=1S/C27H43IO3/c1-16(15-28)5-8-23(30)17(2)25-24(31)14-22-20-7-6-18-13-19(29)9-11-26(18,3)21(20)10-12-27(22,25)4/h6-7,16-23,25,29-30H,5,8-15H2,1-4H3/t16-,17-,18?,19+,20-,21+,22+,23-,25+,26+,27+/m1/s1. The molecule has 0 aromatic heterocycles. The Morgan fingerprint density at radius 2 is 1.81 bits per heavy atom. The van der Waals surface area contributed by atoms with Gasteiger partial charge in [0.05, 0.1) is 12.2 Å². The number of Topliss-reactive ketones (excluding diaryl/α,β-unsaturated/α-hetero) is 1. The molecule has 0 bridgehead atoms. The van der Waals surface area contributed by atoms with E-state index in [1.54, 1.807) is 0 Å². The van der Waals surface area contributed by atoms with Crippen LogP contribution in [0.25, 0.3) is 0 Å². The minimum Gasteiger partial charge on any atom is -0.393 e. The summed E-state index contributed by atoms with van der Waals surface area (Å²) in [7, 11) is 0. The van der Waals surface area contributed by atoms with Crippen LogP contribution in [0.1, 0.15) is 79.1 Å². The fourth-order valence-electron chi connectivity index (χ4n) is 8.34. The quantitative estimate of drug-likeness (QED) is 0.253. The Morgan fingerprint density at radius 3 is 2.52 bits per heavy atom. The number of hydrogen-bond donors (Lipinski definition) is 2. The summed E-state index contributed by atoms with van der Waals surface area (Å²) in [5.74, 6) is 3.06. The van der Waals surface area contributed by atoms with E-state index in [4.69, 9.17) is 0 Å². The van der Waals surface area contributed by atoms with Gasteiger partial charge in [0.2, 0.25) is 0 Å². The third kappa shape index (κ3) is 4.09. The Bertz CT molecular complexity index is 707. The number of aliphatic hydroxyl groups is 2. The predicted octanol–water partition coefficient (Wildman–Crippen LogP) is 5.81. The summed E-state index contributed by atoms with van der Waals surface area (Å²) >= 11 is 2.42. The van der Waals surface area contributed by atoms with Crippen molar-refractivity contribution in [3.63, 3.8) is 0 Å². The zero-order chi connectivity index (χ0) is 22.6. The molecule has 3 saturated carbocycles. The molecule has 0 radical (unpaired) electrons. The van der Waals surface area contributed by atoms with E-state index in [1.165, 1.54) is 6.42 Å².